The molecule has 0 radical (unpaired) electrons. The Morgan fingerprint density at radius 1 is 1.29 bits per heavy atom. The summed E-state index contributed by atoms with van der Waals surface area (Å²) in [7, 11) is 0. The number of urea groups is 1. The van der Waals surface area contributed by atoms with Crippen LogP contribution in [0.2, 0.25) is 0 Å². The smallest absolute Gasteiger partial charge is 0.388 e. The highest BCUT2D eigenvalue weighted by Crippen LogP contribution is 2.15. The zero-order valence-corrected chi connectivity index (χ0v) is 14.4. The highest BCUT2D eigenvalue weighted by atomic mass is 19.3. The number of nitrogens with zero attached hydrogens (tertiary/aromatic N) is 2. The third kappa shape index (κ3) is 8.08. The van der Waals surface area contributed by atoms with Crippen LogP contribution >= 0.6 is 0 Å². The number of hydrogen-bond donors (Lipinski definition) is 1. The summed E-state index contributed by atoms with van der Waals surface area (Å²) in [5.74, 6) is -0.138. The van der Waals surface area contributed by atoms with E-state index < -0.39 is 6.61 Å². The minimum atomic E-state index is -2.91. The van der Waals surface area contributed by atoms with Gasteiger partial charge in [0.05, 0.1) is 0 Å². The van der Waals surface area contributed by atoms with Crippen LogP contribution < -0.4 is 10.1 Å². The number of nitrogens with one attached hydrogen (secondary N) is 1. The quantitative estimate of drug-likeness (QED) is 0.613. The van der Waals surface area contributed by atoms with Crippen molar-refractivity contribution in [3.8, 4) is 5.88 Å². The van der Waals surface area contributed by atoms with Crippen molar-refractivity contribution in [1.29, 1.82) is 0 Å². The highest BCUT2D eigenvalue weighted by Gasteiger charge is 2.14. The van der Waals surface area contributed by atoms with Gasteiger partial charge in [-0.2, -0.15) is 8.78 Å². The lowest BCUT2D eigenvalue weighted by molar-refractivity contribution is -0.0529. The Labute approximate surface area is 142 Å². The van der Waals surface area contributed by atoms with Gasteiger partial charge in [0, 0.05) is 31.9 Å². The number of amides is 2. The van der Waals surface area contributed by atoms with E-state index in [1.807, 2.05) is 6.92 Å². The maximum absolute atomic E-state index is 12.3. The summed E-state index contributed by atoms with van der Waals surface area (Å²) in [6.45, 7) is 2.61. The lowest BCUT2D eigenvalue weighted by Gasteiger charge is -2.23. The van der Waals surface area contributed by atoms with E-state index in [4.69, 9.17) is 0 Å². The lowest BCUT2D eigenvalue weighted by atomic mass is 10.1. The second-order valence-corrected chi connectivity index (χ2v) is 5.55. The van der Waals surface area contributed by atoms with Crippen LogP contribution in [0.25, 0.3) is 0 Å². The Kier molecular flexibility index (Phi) is 9.72. The topological polar surface area (TPSA) is 54.5 Å². The molecule has 0 saturated carbocycles. The van der Waals surface area contributed by atoms with Gasteiger partial charge in [-0.25, -0.2) is 9.78 Å². The fourth-order valence-electron chi connectivity index (χ4n) is 2.35. The molecule has 1 aromatic heterocycles. The second-order valence-electron chi connectivity index (χ2n) is 5.55. The molecule has 24 heavy (non-hydrogen) atoms. The van der Waals surface area contributed by atoms with Gasteiger partial charge in [-0.15, -0.1) is 0 Å². The molecule has 1 heterocycles. The van der Waals surface area contributed by atoms with Gasteiger partial charge in [0.25, 0.3) is 0 Å². The van der Waals surface area contributed by atoms with Crippen molar-refractivity contribution >= 4 is 6.03 Å². The summed E-state index contributed by atoms with van der Waals surface area (Å²) in [5.41, 5.74) is 0.709. The van der Waals surface area contributed by atoms with Crippen LogP contribution in [-0.2, 0) is 6.54 Å². The maximum atomic E-state index is 12.3. The van der Waals surface area contributed by atoms with Crippen LogP contribution in [0.5, 0.6) is 5.88 Å². The Hall–Kier alpha value is -1.92. The highest BCUT2D eigenvalue weighted by molar-refractivity contribution is 5.74. The van der Waals surface area contributed by atoms with Crippen molar-refractivity contribution in [3.05, 3.63) is 23.9 Å². The van der Waals surface area contributed by atoms with Crippen molar-refractivity contribution in [2.24, 2.45) is 0 Å². The third-order valence-corrected chi connectivity index (χ3v) is 3.53. The molecule has 0 saturated heterocycles. The van der Waals surface area contributed by atoms with Crippen molar-refractivity contribution in [3.63, 3.8) is 0 Å². The molecular formula is C17H27F2N3O2. The predicted octanol–water partition coefficient (Wildman–Crippen LogP) is 4.18. The number of unbranched alkanes of at least 4 members (excludes halogenated alkanes) is 4. The minimum Gasteiger partial charge on any atom is -0.417 e. The Morgan fingerprint density at radius 3 is 2.71 bits per heavy atom. The standard InChI is InChI=1S/C17H27F2N3O2/c1-3-5-6-7-8-11-22(17(23)20-4-2)13-14-9-10-21-15(12-14)24-16(18)19/h9-10,12,16H,3-8,11,13H2,1-2H3,(H,20,23). The lowest BCUT2D eigenvalue weighted by Crippen LogP contribution is -2.40. The van der Waals surface area contributed by atoms with Crippen LogP contribution in [0.15, 0.2) is 18.3 Å². The fraction of sp³-hybridized carbons (Fsp3) is 0.647. The summed E-state index contributed by atoms with van der Waals surface area (Å²) in [5, 5.41) is 2.78. The van der Waals surface area contributed by atoms with Gasteiger partial charge in [0.1, 0.15) is 0 Å². The average Bonchev–Trinajstić information content (AvgIpc) is 2.53. The summed E-state index contributed by atoms with van der Waals surface area (Å²) in [4.78, 5) is 17.6. The van der Waals surface area contributed by atoms with E-state index in [0.717, 1.165) is 19.3 Å². The Morgan fingerprint density at radius 2 is 2.04 bits per heavy atom. The van der Waals surface area contributed by atoms with E-state index in [1.165, 1.54) is 25.1 Å². The van der Waals surface area contributed by atoms with E-state index in [2.05, 4.69) is 22.0 Å². The van der Waals surface area contributed by atoms with E-state index in [9.17, 15) is 13.6 Å². The van der Waals surface area contributed by atoms with Crippen LogP contribution in [0.4, 0.5) is 13.6 Å². The van der Waals surface area contributed by atoms with Crippen LogP contribution in [-0.4, -0.2) is 35.6 Å². The van der Waals surface area contributed by atoms with E-state index in [0.29, 0.717) is 25.2 Å². The van der Waals surface area contributed by atoms with Gasteiger partial charge in [-0.05, 0) is 25.0 Å². The molecule has 0 bridgehead atoms. The van der Waals surface area contributed by atoms with Crippen molar-refractivity contribution in [1.82, 2.24) is 15.2 Å². The summed E-state index contributed by atoms with van der Waals surface area (Å²) < 4.78 is 28.9. The number of carbonyl (C=O) groups excluding carboxylic acids is 1. The van der Waals surface area contributed by atoms with Crippen molar-refractivity contribution < 1.29 is 18.3 Å². The number of aromatic nitrogens is 1. The van der Waals surface area contributed by atoms with E-state index in [-0.39, 0.29) is 11.9 Å². The molecule has 0 unspecified atom stereocenters. The Balaban J connectivity index is 2.64. The second kappa shape index (κ2) is 11.6. The fourth-order valence-corrected chi connectivity index (χ4v) is 2.35. The molecule has 5 nitrogen and oxygen atoms in total. The first-order chi connectivity index (χ1) is 11.6. The first-order valence-electron chi connectivity index (χ1n) is 8.49. The van der Waals surface area contributed by atoms with Crippen molar-refractivity contribution in [2.45, 2.75) is 59.1 Å². The summed E-state index contributed by atoms with van der Waals surface area (Å²) >= 11 is 0. The number of carbonyl (C=O) groups is 1. The average molecular weight is 343 g/mol. The number of alkyl halides is 2. The van der Waals surface area contributed by atoms with Gasteiger partial charge < -0.3 is 15.0 Å². The minimum absolute atomic E-state index is 0.138. The molecule has 1 rings (SSSR count). The number of ether oxygens (including phenoxy) is 1. The van der Waals surface area contributed by atoms with Crippen molar-refractivity contribution in [2.75, 3.05) is 13.1 Å². The molecule has 136 valence electrons. The predicted molar refractivity (Wildman–Crippen MR) is 89.1 cm³/mol. The molecule has 1 aromatic rings. The zero-order chi connectivity index (χ0) is 17.8. The number of rotatable bonds is 11. The molecule has 2 amide bonds. The normalized spacial score (nSPS) is 10.7. The molecule has 0 atom stereocenters. The molecule has 0 spiro atoms. The molecule has 7 heteroatoms. The molecule has 0 aromatic carbocycles. The van der Waals surface area contributed by atoms with Gasteiger partial charge in [0.15, 0.2) is 0 Å². The van der Waals surface area contributed by atoms with Gasteiger partial charge >= 0.3 is 12.6 Å². The number of hydrogen-bond acceptors (Lipinski definition) is 3. The molecular weight excluding hydrogens is 316 g/mol. The summed E-state index contributed by atoms with van der Waals surface area (Å²) in [6.07, 6.45) is 6.91. The number of pyridine rings is 1. The Bertz CT molecular complexity index is 487. The van der Waals surface area contributed by atoms with Gasteiger partial charge in [0.2, 0.25) is 5.88 Å². The van der Waals surface area contributed by atoms with Gasteiger partial charge in [-0.1, -0.05) is 32.6 Å². The van der Waals surface area contributed by atoms with Gasteiger partial charge in [-0.3, -0.25) is 0 Å². The largest absolute Gasteiger partial charge is 0.417 e. The molecule has 1 N–H and O–H groups in total. The molecule has 0 aliphatic carbocycles. The SMILES string of the molecule is CCCCCCCN(Cc1ccnc(OC(F)F)c1)C(=O)NCC. The molecule has 0 aliphatic heterocycles. The van der Waals surface area contributed by atoms with E-state index in [1.54, 1.807) is 11.0 Å². The maximum Gasteiger partial charge on any atom is 0.388 e. The molecule has 0 aliphatic rings. The first kappa shape index (κ1) is 20.1. The zero-order valence-electron chi connectivity index (χ0n) is 14.4. The first-order valence-corrected chi connectivity index (χ1v) is 8.49. The third-order valence-electron chi connectivity index (χ3n) is 3.53. The summed E-state index contributed by atoms with van der Waals surface area (Å²) in [6, 6.07) is 2.98. The molecule has 0 fully saturated rings. The van der Waals surface area contributed by atoms with Crippen LogP contribution in [0.3, 0.4) is 0 Å². The van der Waals surface area contributed by atoms with Crippen LogP contribution in [0, 0.1) is 0 Å². The number of halogens is 2. The monoisotopic (exact) mass is 343 g/mol. The van der Waals surface area contributed by atoms with Crippen LogP contribution in [0.1, 0.15) is 51.5 Å². The van der Waals surface area contributed by atoms with E-state index >= 15 is 0 Å².